The van der Waals surface area contributed by atoms with Crippen molar-refractivity contribution in [2.45, 2.75) is 20.4 Å². The van der Waals surface area contributed by atoms with Crippen LogP contribution in [0.2, 0.25) is 0 Å². The highest BCUT2D eigenvalue weighted by Crippen LogP contribution is 2.37. The smallest absolute Gasteiger partial charge is 0.128 e. The molecule has 4 heteroatoms. The second kappa shape index (κ2) is 8.46. The molecule has 0 N–H and O–H groups in total. The molecule has 0 saturated heterocycles. The first-order chi connectivity index (χ1) is 14.6. The number of aromatic nitrogens is 2. The van der Waals surface area contributed by atoms with Gasteiger partial charge in [-0.3, -0.25) is 0 Å². The lowest BCUT2D eigenvalue weighted by Gasteiger charge is -2.14. The van der Waals surface area contributed by atoms with Gasteiger partial charge < -0.3 is 14.0 Å². The van der Waals surface area contributed by atoms with Crippen LogP contribution in [0.5, 0.6) is 11.5 Å². The molecular formula is C26H26N2O2. The molecule has 0 bridgehead atoms. The Labute approximate surface area is 177 Å². The molecule has 0 amide bonds. The molecule has 3 aromatic carbocycles. The highest BCUT2D eigenvalue weighted by atomic mass is 16.5. The van der Waals surface area contributed by atoms with E-state index in [4.69, 9.17) is 14.5 Å². The second-order valence-corrected chi connectivity index (χ2v) is 7.50. The van der Waals surface area contributed by atoms with E-state index >= 15 is 0 Å². The van der Waals surface area contributed by atoms with Crippen molar-refractivity contribution in [2.75, 3.05) is 14.2 Å². The van der Waals surface area contributed by atoms with Crippen LogP contribution in [0.3, 0.4) is 0 Å². The van der Waals surface area contributed by atoms with Gasteiger partial charge in [-0.25, -0.2) is 4.98 Å². The van der Waals surface area contributed by atoms with Crippen molar-refractivity contribution >= 4 is 0 Å². The van der Waals surface area contributed by atoms with E-state index in [0.717, 1.165) is 39.6 Å². The SMILES string of the molecule is COc1cccc(Cn2cnc(-c3ccccc3OC)c2-c2cc(C)cc(C)c2)c1. The minimum absolute atomic E-state index is 0.696. The number of benzene rings is 3. The van der Waals surface area contributed by atoms with Gasteiger partial charge in [0.25, 0.3) is 0 Å². The molecular weight excluding hydrogens is 372 g/mol. The first-order valence-corrected chi connectivity index (χ1v) is 9.99. The Morgan fingerprint density at radius 1 is 0.833 bits per heavy atom. The number of hydrogen-bond acceptors (Lipinski definition) is 3. The molecule has 1 heterocycles. The predicted molar refractivity (Wildman–Crippen MR) is 121 cm³/mol. The van der Waals surface area contributed by atoms with E-state index in [9.17, 15) is 0 Å². The zero-order valence-corrected chi connectivity index (χ0v) is 17.8. The number of ether oxygens (including phenoxy) is 2. The maximum absolute atomic E-state index is 5.63. The van der Waals surface area contributed by atoms with Crippen LogP contribution < -0.4 is 9.47 Å². The third-order valence-corrected chi connectivity index (χ3v) is 5.18. The topological polar surface area (TPSA) is 36.3 Å². The van der Waals surface area contributed by atoms with Gasteiger partial charge in [-0.15, -0.1) is 0 Å². The average Bonchev–Trinajstić information content (AvgIpc) is 3.16. The van der Waals surface area contributed by atoms with Crippen LogP contribution in [-0.2, 0) is 6.54 Å². The van der Waals surface area contributed by atoms with Gasteiger partial charge in [0.1, 0.15) is 17.2 Å². The minimum atomic E-state index is 0.696. The maximum atomic E-state index is 5.63. The molecule has 0 aliphatic carbocycles. The Kier molecular flexibility index (Phi) is 5.57. The Balaban J connectivity index is 1.89. The summed E-state index contributed by atoms with van der Waals surface area (Å²) in [5, 5.41) is 0. The van der Waals surface area contributed by atoms with E-state index in [2.05, 4.69) is 54.8 Å². The van der Waals surface area contributed by atoms with Crippen molar-refractivity contribution in [3.63, 3.8) is 0 Å². The van der Waals surface area contributed by atoms with Gasteiger partial charge >= 0.3 is 0 Å². The van der Waals surface area contributed by atoms with Crippen molar-refractivity contribution in [1.82, 2.24) is 9.55 Å². The van der Waals surface area contributed by atoms with Crippen LogP contribution >= 0.6 is 0 Å². The average molecular weight is 399 g/mol. The van der Waals surface area contributed by atoms with Crippen LogP contribution in [0.1, 0.15) is 16.7 Å². The first kappa shape index (κ1) is 19.8. The quantitative estimate of drug-likeness (QED) is 0.406. The van der Waals surface area contributed by atoms with Gasteiger partial charge in [0.15, 0.2) is 0 Å². The number of methoxy groups -OCH3 is 2. The molecule has 1 aromatic heterocycles. The van der Waals surface area contributed by atoms with Gasteiger partial charge in [-0.2, -0.15) is 0 Å². The summed E-state index contributed by atoms with van der Waals surface area (Å²) in [4.78, 5) is 4.82. The molecule has 152 valence electrons. The van der Waals surface area contributed by atoms with Crippen molar-refractivity contribution in [1.29, 1.82) is 0 Å². The van der Waals surface area contributed by atoms with E-state index in [1.54, 1.807) is 14.2 Å². The molecule has 0 unspecified atom stereocenters. The molecule has 4 nitrogen and oxygen atoms in total. The summed E-state index contributed by atoms with van der Waals surface area (Å²) in [5.74, 6) is 1.67. The number of para-hydroxylation sites is 1. The molecule has 0 aliphatic rings. The third kappa shape index (κ3) is 3.94. The lowest BCUT2D eigenvalue weighted by atomic mass is 10.00. The Bertz CT molecular complexity index is 1160. The van der Waals surface area contributed by atoms with Gasteiger partial charge in [0, 0.05) is 17.7 Å². The molecule has 0 aliphatic heterocycles. The molecule has 0 atom stereocenters. The number of aryl methyl sites for hydroxylation is 2. The monoisotopic (exact) mass is 398 g/mol. The fourth-order valence-corrected chi connectivity index (χ4v) is 3.92. The van der Waals surface area contributed by atoms with E-state index in [1.165, 1.54) is 11.1 Å². The van der Waals surface area contributed by atoms with Crippen LogP contribution in [0.4, 0.5) is 0 Å². The van der Waals surface area contributed by atoms with Crippen LogP contribution in [0, 0.1) is 13.8 Å². The Hall–Kier alpha value is -3.53. The van der Waals surface area contributed by atoms with Crippen molar-refractivity contribution < 1.29 is 9.47 Å². The van der Waals surface area contributed by atoms with E-state index in [0.29, 0.717) is 6.54 Å². The summed E-state index contributed by atoms with van der Waals surface area (Å²) in [6.07, 6.45) is 1.91. The van der Waals surface area contributed by atoms with E-state index in [1.807, 2.05) is 36.7 Å². The van der Waals surface area contributed by atoms with Gasteiger partial charge in [-0.05, 0) is 55.8 Å². The molecule has 0 spiro atoms. The minimum Gasteiger partial charge on any atom is -0.497 e. The number of hydrogen-bond donors (Lipinski definition) is 0. The third-order valence-electron chi connectivity index (χ3n) is 5.18. The Morgan fingerprint density at radius 3 is 2.33 bits per heavy atom. The lowest BCUT2D eigenvalue weighted by molar-refractivity contribution is 0.414. The highest BCUT2D eigenvalue weighted by molar-refractivity contribution is 5.82. The lowest BCUT2D eigenvalue weighted by Crippen LogP contribution is -2.02. The second-order valence-electron chi connectivity index (χ2n) is 7.50. The van der Waals surface area contributed by atoms with Crippen LogP contribution in [-0.4, -0.2) is 23.8 Å². The van der Waals surface area contributed by atoms with Crippen LogP contribution in [0.15, 0.2) is 73.1 Å². The molecule has 30 heavy (non-hydrogen) atoms. The standard InChI is InChI=1S/C26H26N2O2/c1-18-12-19(2)14-21(13-18)26-25(23-10-5-6-11-24(23)30-4)27-17-28(26)16-20-8-7-9-22(15-20)29-3/h5-15,17H,16H2,1-4H3. The molecule has 4 rings (SSSR count). The number of nitrogens with zero attached hydrogens (tertiary/aromatic N) is 2. The van der Waals surface area contributed by atoms with E-state index in [-0.39, 0.29) is 0 Å². The summed E-state index contributed by atoms with van der Waals surface area (Å²) in [7, 11) is 3.39. The molecule has 0 fully saturated rings. The Morgan fingerprint density at radius 2 is 1.60 bits per heavy atom. The normalized spacial score (nSPS) is 10.8. The summed E-state index contributed by atoms with van der Waals surface area (Å²) >= 11 is 0. The summed E-state index contributed by atoms with van der Waals surface area (Å²) in [6.45, 7) is 4.95. The van der Waals surface area contributed by atoms with Gasteiger partial charge in [0.2, 0.25) is 0 Å². The van der Waals surface area contributed by atoms with Crippen LogP contribution in [0.25, 0.3) is 22.5 Å². The summed E-state index contributed by atoms with van der Waals surface area (Å²) < 4.78 is 13.2. The fourth-order valence-electron chi connectivity index (χ4n) is 3.92. The number of rotatable bonds is 6. The zero-order chi connectivity index (χ0) is 21.1. The molecule has 0 saturated carbocycles. The van der Waals surface area contributed by atoms with Gasteiger partial charge in [0.05, 0.1) is 26.2 Å². The van der Waals surface area contributed by atoms with E-state index < -0.39 is 0 Å². The van der Waals surface area contributed by atoms with Crippen molar-refractivity contribution in [3.05, 3.63) is 89.7 Å². The maximum Gasteiger partial charge on any atom is 0.128 e. The summed E-state index contributed by atoms with van der Waals surface area (Å²) in [5.41, 5.74) is 7.74. The predicted octanol–water partition coefficient (Wildman–Crippen LogP) is 5.90. The van der Waals surface area contributed by atoms with Crippen molar-refractivity contribution in [2.24, 2.45) is 0 Å². The molecule has 4 aromatic rings. The first-order valence-electron chi connectivity index (χ1n) is 9.99. The highest BCUT2D eigenvalue weighted by Gasteiger charge is 2.18. The van der Waals surface area contributed by atoms with Crippen molar-refractivity contribution in [3.8, 4) is 34.0 Å². The fraction of sp³-hybridized carbons (Fsp3) is 0.192. The largest absolute Gasteiger partial charge is 0.497 e. The zero-order valence-electron chi connectivity index (χ0n) is 17.8. The molecule has 0 radical (unpaired) electrons. The van der Waals surface area contributed by atoms with Gasteiger partial charge in [-0.1, -0.05) is 41.5 Å². The summed E-state index contributed by atoms with van der Waals surface area (Å²) in [6, 6.07) is 22.8. The number of imidazole rings is 1.